The second kappa shape index (κ2) is 6.41. The molecule has 0 spiro atoms. The Morgan fingerprint density at radius 2 is 2.20 bits per heavy atom. The van der Waals surface area contributed by atoms with Crippen molar-refractivity contribution in [3.63, 3.8) is 0 Å². The van der Waals surface area contributed by atoms with Crippen LogP contribution in [0.4, 0.5) is 0 Å². The molecule has 0 saturated carbocycles. The van der Waals surface area contributed by atoms with E-state index in [4.69, 9.17) is 4.42 Å². The fraction of sp³-hybridized carbons (Fsp3) is 0.400. The van der Waals surface area contributed by atoms with Crippen LogP contribution < -0.4 is 5.32 Å². The van der Waals surface area contributed by atoms with Gasteiger partial charge in [0.2, 0.25) is 0 Å². The summed E-state index contributed by atoms with van der Waals surface area (Å²) in [6.07, 6.45) is 1.43. The van der Waals surface area contributed by atoms with Crippen LogP contribution in [0.5, 0.6) is 0 Å². The van der Waals surface area contributed by atoms with E-state index < -0.39 is 12.0 Å². The van der Waals surface area contributed by atoms with E-state index in [9.17, 15) is 9.90 Å². The van der Waals surface area contributed by atoms with Crippen LogP contribution >= 0.6 is 15.9 Å². The summed E-state index contributed by atoms with van der Waals surface area (Å²) >= 11 is 3.42. The number of hydrogen-bond acceptors (Lipinski definition) is 3. The van der Waals surface area contributed by atoms with Crippen LogP contribution in [0.2, 0.25) is 0 Å². The molecule has 0 aliphatic heterocycles. The van der Waals surface area contributed by atoms with E-state index in [1.54, 1.807) is 0 Å². The van der Waals surface area contributed by atoms with Gasteiger partial charge in [-0.3, -0.25) is 10.1 Å². The number of furan rings is 1. The number of nitrogens with one attached hydrogen (secondary N) is 1. The van der Waals surface area contributed by atoms with Crippen molar-refractivity contribution in [3.05, 3.63) is 34.5 Å². The number of carboxylic acid groups (broad SMARTS) is 1. The zero-order valence-electron chi connectivity index (χ0n) is 11.5. The molecule has 1 heterocycles. The van der Waals surface area contributed by atoms with Crippen LogP contribution in [-0.4, -0.2) is 17.1 Å². The Labute approximate surface area is 126 Å². The second-order valence-corrected chi connectivity index (χ2v) is 5.81. The Hall–Kier alpha value is -1.33. The van der Waals surface area contributed by atoms with E-state index in [0.717, 1.165) is 27.6 Å². The van der Waals surface area contributed by atoms with Gasteiger partial charge in [-0.15, -0.1) is 0 Å². The zero-order chi connectivity index (χ0) is 14.7. The lowest BCUT2D eigenvalue weighted by Gasteiger charge is -2.17. The lowest BCUT2D eigenvalue weighted by Crippen LogP contribution is -2.38. The van der Waals surface area contributed by atoms with Gasteiger partial charge in [-0.25, -0.2) is 0 Å². The van der Waals surface area contributed by atoms with Crippen molar-refractivity contribution in [1.82, 2.24) is 5.32 Å². The molecule has 0 bridgehead atoms. The van der Waals surface area contributed by atoms with Crippen molar-refractivity contribution >= 4 is 32.9 Å². The molecule has 0 saturated heterocycles. The van der Waals surface area contributed by atoms with Crippen molar-refractivity contribution in [1.29, 1.82) is 0 Å². The van der Waals surface area contributed by atoms with Crippen LogP contribution in [0.3, 0.4) is 0 Å². The van der Waals surface area contributed by atoms with Gasteiger partial charge in [0.15, 0.2) is 0 Å². The first-order valence-corrected chi connectivity index (χ1v) is 7.48. The molecule has 0 amide bonds. The molecule has 2 unspecified atom stereocenters. The van der Waals surface area contributed by atoms with Gasteiger partial charge in [0, 0.05) is 9.86 Å². The lowest BCUT2D eigenvalue weighted by molar-refractivity contribution is -0.139. The van der Waals surface area contributed by atoms with E-state index in [0.29, 0.717) is 6.42 Å². The standard InChI is InChI=1S/C15H18BrNO3/c1-3-4-12(15(18)19)17-9(2)14-8-10-7-11(16)5-6-13(10)20-14/h5-9,12,17H,3-4H2,1-2H3,(H,18,19). The highest BCUT2D eigenvalue weighted by atomic mass is 79.9. The van der Waals surface area contributed by atoms with Gasteiger partial charge < -0.3 is 9.52 Å². The molecule has 20 heavy (non-hydrogen) atoms. The summed E-state index contributed by atoms with van der Waals surface area (Å²) in [5.74, 6) is -0.0713. The van der Waals surface area contributed by atoms with Crippen LogP contribution in [0.25, 0.3) is 11.0 Å². The first kappa shape index (κ1) is 15.1. The van der Waals surface area contributed by atoms with Crippen LogP contribution in [0.1, 0.15) is 38.5 Å². The Morgan fingerprint density at radius 1 is 1.45 bits per heavy atom. The molecule has 2 rings (SSSR count). The third-order valence-corrected chi connectivity index (χ3v) is 3.74. The monoisotopic (exact) mass is 339 g/mol. The van der Waals surface area contributed by atoms with E-state index in [2.05, 4.69) is 21.2 Å². The molecule has 5 heteroatoms. The maximum atomic E-state index is 11.2. The number of carbonyl (C=O) groups is 1. The predicted octanol–water partition coefficient (Wildman–Crippen LogP) is 4.10. The van der Waals surface area contributed by atoms with Crippen molar-refractivity contribution < 1.29 is 14.3 Å². The number of benzene rings is 1. The number of rotatable bonds is 6. The molecule has 4 nitrogen and oxygen atoms in total. The molecule has 0 aliphatic carbocycles. The van der Waals surface area contributed by atoms with E-state index >= 15 is 0 Å². The minimum Gasteiger partial charge on any atom is -0.480 e. The minimum atomic E-state index is -0.822. The second-order valence-electron chi connectivity index (χ2n) is 4.90. The highest BCUT2D eigenvalue weighted by Gasteiger charge is 2.21. The normalized spacial score (nSPS) is 14.3. The maximum absolute atomic E-state index is 11.2. The zero-order valence-corrected chi connectivity index (χ0v) is 13.1. The van der Waals surface area contributed by atoms with Crippen molar-refractivity contribution in [2.24, 2.45) is 0 Å². The minimum absolute atomic E-state index is 0.145. The molecule has 2 N–H and O–H groups in total. The summed E-state index contributed by atoms with van der Waals surface area (Å²) in [5, 5.41) is 13.3. The number of halogens is 1. The Kier molecular flexibility index (Phi) is 4.83. The predicted molar refractivity (Wildman–Crippen MR) is 81.8 cm³/mol. The largest absolute Gasteiger partial charge is 0.480 e. The van der Waals surface area contributed by atoms with E-state index in [1.807, 2.05) is 38.1 Å². The van der Waals surface area contributed by atoms with Crippen LogP contribution in [0.15, 0.2) is 33.2 Å². The van der Waals surface area contributed by atoms with Gasteiger partial charge in [-0.1, -0.05) is 29.3 Å². The molecule has 0 radical (unpaired) electrons. The van der Waals surface area contributed by atoms with Gasteiger partial charge in [0.25, 0.3) is 0 Å². The molecule has 2 aromatic rings. The number of fused-ring (bicyclic) bond motifs is 1. The highest BCUT2D eigenvalue weighted by molar-refractivity contribution is 9.10. The molecule has 1 aromatic heterocycles. The van der Waals surface area contributed by atoms with Gasteiger partial charge >= 0.3 is 5.97 Å². The van der Waals surface area contributed by atoms with E-state index in [1.165, 1.54) is 0 Å². The van der Waals surface area contributed by atoms with Gasteiger partial charge in [0.05, 0.1) is 6.04 Å². The van der Waals surface area contributed by atoms with Gasteiger partial charge in [-0.2, -0.15) is 0 Å². The summed E-state index contributed by atoms with van der Waals surface area (Å²) in [5.41, 5.74) is 0.805. The molecule has 2 atom stereocenters. The van der Waals surface area contributed by atoms with Gasteiger partial charge in [0.1, 0.15) is 17.4 Å². The quantitative estimate of drug-likeness (QED) is 0.831. The fourth-order valence-corrected chi connectivity index (χ4v) is 2.58. The number of carboxylic acids is 1. The molecular weight excluding hydrogens is 322 g/mol. The first-order chi connectivity index (χ1) is 9.51. The maximum Gasteiger partial charge on any atom is 0.320 e. The fourth-order valence-electron chi connectivity index (χ4n) is 2.20. The molecule has 0 fully saturated rings. The first-order valence-electron chi connectivity index (χ1n) is 6.69. The van der Waals surface area contributed by atoms with Crippen molar-refractivity contribution in [2.45, 2.75) is 38.8 Å². The SMILES string of the molecule is CCCC(NC(C)c1cc2cc(Br)ccc2o1)C(=O)O. The van der Waals surface area contributed by atoms with Crippen LogP contribution in [0, 0.1) is 0 Å². The average molecular weight is 340 g/mol. The highest BCUT2D eigenvalue weighted by Crippen LogP contribution is 2.26. The third kappa shape index (κ3) is 3.41. The molecule has 108 valence electrons. The van der Waals surface area contributed by atoms with Crippen molar-refractivity contribution in [2.75, 3.05) is 0 Å². The Morgan fingerprint density at radius 3 is 2.85 bits per heavy atom. The molecular formula is C15H18BrNO3. The Bertz CT molecular complexity index is 608. The summed E-state index contributed by atoms with van der Waals surface area (Å²) < 4.78 is 6.76. The smallest absolute Gasteiger partial charge is 0.320 e. The third-order valence-electron chi connectivity index (χ3n) is 3.25. The summed E-state index contributed by atoms with van der Waals surface area (Å²) in [6.45, 7) is 3.89. The lowest BCUT2D eigenvalue weighted by atomic mass is 10.1. The number of hydrogen-bond donors (Lipinski definition) is 2. The summed E-state index contributed by atoms with van der Waals surface area (Å²) in [7, 11) is 0. The van der Waals surface area contributed by atoms with Crippen molar-refractivity contribution in [3.8, 4) is 0 Å². The number of aliphatic carboxylic acids is 1. The summed E-state index contributed by atoms with van der Waals surface area (Å²) in [4.78, 5) is 11.2. The molecule has 1 aromatic carbocycles. The Balaban J connectivity index is 2.17. The molecule has 0 aliphatic rings. The average Bonchev–Trinajstić information content (AvgIpc) is 2.80. The summed E-state index contributed by atoms with van der Waals surface area (Å²) in [6, 6.07) is 7.06. The van der Waals surface area contributed by atoms with Crippen LogP contribution in [-0.2, 0) is 4.79 Å². The topological polar surface area (TPSA) is 62.5 Å². The van der Waals surface area contributed by atoms with Gasteiger partial charge in [-0.05, 0) is 37.6 Å². The van der Waals surface area contributed by atoms with E-state index in [-0.39, 0.29) is 6.04 Å².